The Morgan fingerprint density at radius 2 is 1.83 bits per heavy atom. The number of likely N-dealkylation sites (tertiary alicyclic amines) is 1. The molecule has 23 heavy (non-hydrogen) atoms. The summed E-state index contributed by atoms with van der Waals surface area (Å²) < 4.78 is 0. The van der Waals surface area contributed by atoms with Gasteiger partial charge in [-0.1, -0.05) is 30.3 Å². The molecule has 2 N–H and O–H groups in total. The summed E-state index contributed by atoms with van der Waals surface area (Å²) in [6, 6.07) is 9.35. The van der Waals surface area contributed by atoms with Crippen molar-refractivity contribution in [1.82, 2.24) is 15.5 Å². The molecule has 0 saturated carbocycles. The van der Waals surface area contributed by atoms with Gasteiger partial charge in [-0.25, -0.2) is 4.79 Å². The number of piperidine rings is 1. The van der Waals surface area contributed by atoms with Crippen LogP contribution in [0, 0.1) is 0 Å². The monoisotopic (exact) mass is 315 g/mol. The zero-order chi connectivity index (χ0) is 16.2. The summed E-state index contributed by atoms with van der Waals surface area (Å²) in [6.07, 6.45) is 2.58. The zero-order valence-corrected chi connectivity index (χ0v) is 13.0. The summed E-state index contributed by atoms with van der Waals surface area (Å²) in [6.45, 7) is 1.50. The van der Waals surface area contributed by atoms with Crippen molar-refractivity contribution < 1.29 is 14.4 Å². The summed E-state index contributed by atoms with van der Waals surface area (Å²) in [5.41, 5.74) is 1.34. The number of amides is 4. The number of benzene rings is 1. The molecule has 1 unspecified atom stereocenters. The Kier molecular flexibility index (Phi) is 4.60. The Bertz CT molecular complexity index is 594. The minimum atomic E-state index is -0.576. The van der Waals surface area contributed by atoms with Gasteiger partial charge in [0, 0.05) is 19.5 Å². The maximum atomic E-state index is 12.3. The van der Waals surface area contributed by atoms with Gasteiger partial charge in [0.2, 0.25) is 5.91 Å². The molecule has 2 heterocycles. The molecule has 6 heteroatoms. The van der Waals surface area contributed by atoms with E-state index in [0.29, 0.717) is 12.3 Å². The van der Waals surface area contributed by atoms with E-state index in [1.165, 1.54) is 5.56 Å². The molecule has 0 radical (unpaired) electrons. The maximum Gasteiger partial charge on any atom is 0.322 e. The molecule has 0 aromatic heterocycles. The Labute approximate surface area is 135 Å². The number of carbonyl (C=O) groups is 3. The molecular formula is C17H21N3O3. The van der Waals surface area contributed by atoms with Gasteiger partial charge >= 0.3 is 6.03 Å². The Balaban J connectivity index is 1.45. The molecule has 1 aromatic carbocycles. The third-order valence-corrected chi connectivity index (χ3v) is 4.62. The van der Waals surface area contributed by atoms with E-state index in [9.17, 15) is 14.4 Å². The van der Waals surface area contributed by atoms with Crippen LogP contribution in [-0.2, 0) is 9.59 Å². The third kappa shape index (κ3) is 3.70. The second-order valence-electron chi connectivity index (χ2n) is 6.12. The summed E-state index contributed by atoms with van der Waals surface area (Å²) in [5.74, 6) is 0.233. The van der Waals surface area contributed by atoms with Crippen molar-refractivity contribution in [3.05, 3.63) is 35.9 Å². The number of rotatable bonds is 4. The summed E-state index contributed by atoms with van der Waals surface area (Å²) in [7, 11) is 0. The zero-order valence-electron chi connectivity index (χ0n) is 13.0. The van der Waals surface area contributed by atoms with Crippen LogP contribution in [0.25, 0.3) is 0 Å². The molecule has 4 amide bonds. The van der Waals surface area contributed by atoms with Crippen molar-refractivity contribution in [1.29, 1.82) is 0 Å². The second kappa shape index (κ2) is 6.81. The highest BCUT2D eigenvalue weighted by molar-refractivity contribution is 6.04. The van der Waals surface area contributed by atoms with Gasteiger partial charge in [0.25, 0.3) is 5.91 Å². The van der Waals surface area contributed by atoms with E-state index in [2.05, 4.69) is 22.8 Å². The molecule has 3 rings (SSSR count). The molecule has 0 aliphatic carbocycles. The molecule has 0 spiro atoms. The highest BCUT2D eigenvalue weighted by Gasteiger charge is 2.30. The van der Waals surface area contributed by atoms with Gasteiger partial charge in [0.1, 0.15) is 6.04 Å². The maximum absolute atomic E-state index is 12.3. The summed E-state index contributed by atoms with van der Waals surface area (Å²) >= 11 is 0. The number of urea groups is 1. The van der Waals surface area contributed by atoms with Crippen LogP contribution in [0.1, 0.15) is 37.2 Å². The third-order valence-electron chi connectivity index (χ3n) is 4.62. The molecule has 122 valence electrons. The molecule has 1 aromatic rings. The number of hydrogen-bond acceptors (Lipinski definition) is 3. The van der Waals surface area contributed by atoms with Gasteiger partial charge in [-0.05, 0) is 30.7 Å². The highest BCUT2D eigenvalue weighted by Crippen LogP contribution is 2.28. The van der Waals surface area contributed by atoms with Crippen molar-refractivity contribution in [3.63, 3.8) is 0 Å². The lowest BCUT2D eigenvalue weighted by atomic mass is 9.89. The lowest BCUT2D eigenvalue weighted by Gasteiger charge is -2.32. The fraction of sp³-hybridized carbons (Fsp3) is 0.471. The van der Waals surface area contributed by atoms with Crippen LogP contribution >= 0.6 is 0 Å². The lowest BCUT2D eigenvalue weighted by molar-refractivity contribution is -0.132. The van der Waals surface area contributed by atoms with Crippen molar-refractivity contribution >= 4 is 17.8 Å². The molecule has 2 aliphatic rings. The fourth-order valence-electron chi connectivity index (χ4n) is 3.28. The van der Waals surface area contributed by atoms with Crippen LogP contribution in [0.15, 0.2) is 30.3 Å². The van der Waals surface area contributed by atoms with E-state index in [0.717, 1.165) is 25.9 Å². The first-order valence-electron chi connectivity index (χ1n) is 8.07. The first-order chi connectivity index (χ1) is 11.1. The minimum Gasteiger partial charge on any atom is -0.343 e. The fourth-order valence-corrected chi connectivity index (χ4v) is 3.28. The predicted molar refractivity (Wildman–Crippen MR) is 84.7 cm³/mol. The Hall–Kier alpha value is -2.37. The largest absolute Gasteiger partial charge is 0.343 e. The summed E-state index contributed by atoms with van der Waals surface area (Å²) in [5, 5.41) is 4.70. The van der Waals surface area contributed by atoms with Crippen molar-refractivity contribution in [2.75, 3.05) is 13.1 Å². The molecule has 2 aliphatic heterocycles. The smallest absolute Gasteiger partial charge is 0.322 e. The first kappa shape index (κ1) is 15.5. The molecule has 2 saturated heterocycles. The van der Waals surface area contributed by atoms with E-state index in [4.69, 9.17) is 0 Å². The Morgan fingerprint density at radius 1 is 1.13 bits per heavy atom. The van der Waals surface area contributed by atoms with Gasteiger partial charge in [0.15, 0.2) is 0 Å². The van der Waals surface area contributed by atoms with Crippen LogP contribution in [-0.4, -0.2) is 41.9 Å². The Morgan fingerprint density at radius 3 is 2.43 bits per heavy atom. The van der Waals surface area contributed by atoms with Gasteiger partial charge in [-0.15, -0.1) is 0 Å². The van der Waals surface area contributed by atoms with E-state index in [1.54, 1.807) is 0 Å². The van der Waals surface area contributed by atoms with Crippen molar-refractivity contribution in [3.8, 4) is 0 Å². The number of carbonyl (C=O) groups excluding carboxylic acids is 3. The normalized spacial score (nSPS) is 21.9. The van der Waals surface area contributed by atoms with Crippen LogP contribution in [0.3, 0.4) is 0 Å². The average Bonchev–Trinajstić information content (AvgIpc) is 2.91. The van der Waals surface area contributed by atoms with E-state index in [-0.39, 0.29) is 18.2 Å². The van der Waals surface area contributed by atoms with Crippen molar-refractivity contribution in [2.24, 2.45) is 0 Å². The molecule has 6 nitrogen and oxygen atoms in total. The highest BCUT2D eigenvalue weighted by atomic mass is 16.2. The molecular weight excluding hydrogens is 294 g/mol. The second-order valence-corrected chi connectivity index (χ2v) is 6.12. The van der Waals surface area contributed by atoms with Crippen LogP contribution in [0.4, 0.5) is 4.79 Å². The van der Waals surface area contributed by atoms with Gasteiger partial charge < -0.3 is 10.2 Å². The predicted octanol–water partition coefficient (Wildman–Crippen LogP) is 1.38. The standard InChI is InChI=1S/C17H21N3O3/c21-15(7-6-14-16(22)19-17(23)18-14)20-10-8-13(9-11-20)12-4-2-1-3-5-12/h1-5,13-14H,6-11H2,(H2,18,19,22,23). The SMILES string of the molecule is O=C1NC(=O)C(CCC(=O)N2CCC(c3ccccc3)CC2)N1. The first-order valence-corrected chi connectivity index (χ1v) is 8.07. The summed E-state index contributed by atoms with van der Waals surface area (Å²) in [4.78, 5) is 36.6. The lowest BCUT2D eigenvalue weighted by Crippen LogP contribution is -2.39. The van der Waals surface area contributed by atoms with E-state index in [1.807, 2.05) is 23.1 Å². The van der Waals surface area contributed by atoms with Gasteiger partial charge in [-0.2, -0.15) is 0 Å². The topological polar surface area (TPSA) is 78.5 Å². The number of hydrogen-bond donors (Lipinski definition) is 2. The number of nitrogens with one attached hydrogen (secondary N) is 2. The quantitative estimate of drug-likeness (QED) is 0.824. The molecule has 2 fully saturated rings. The molecule has 1 atom stereocenters. The van der Waals surface area contributed by atoms with Gasteiger partial charge in [0.05, 0.1) is 0 Å². The van der Waals surface area contributed by atoms with E-state index < -0.39 is 12.1 Å². The average molecular weight is 315 g/mol. The number of nitrogens with zero attached hydrogens (tertiary/aromatic N) is 1. The van der Waals surface area contributed by atoms with E-state index >= 15 is 0 Å². The van der Waals surface area contributed by atoms with Crippen LogP contribution in [0.5, 0.6) is 0 Å². The molecule has 0 bridgehead atoms. The van der Waals surface area contributed by atoms with Crippen LogP contribution in [0.2, 0.25) is 0 Å². The number of imide groups is 1. The van der Waals surface area contributed by atoms with Gasteiger partial charge in [-0.3, -0.25) is 14.9 Å². The van der Waals surface area contributed by atoms with Crippen molar-refractivity contribution in [2.45, 2.75) is 37.6 Å². The van der Waals surface area contributed by atoms with Crippen LogP contribution < -0.4 is 10.6 Å². The minimum absolute atomic E-state index is 0.0606.